The van der Waals surface area contributed by atoms with E-state index in [1.54, 1.807) is 11.9 Å². The van der Waals surface area contributed by atoms with Crippen molar-refractivity contribution >= 4 is 38.9 Å². The average Bonchev–Trinajstić information content (AvgIpc) is 3.44. The summed E-state index contributed by atoms with van der Waals surface area (Å²) in [5.41, 5.74) is 5.55. The number of alkyl halides is 2. The maximum absolute atomic E-state index is 13.5. The number of hydrogen-bond acceptors (Lipinski definition) is 3. The molecule has 0 unspecified atom stereocenters. The lowest BCUT2D eigenvalue weighted by molar-refractivity contribution is -0.143. The van der Waals surface area contributed by atoms with Crippen molar-refractivity contribution < 1.29 is 18.3 Å². The predicted octanol–water partition coefficient (Wildman–Crippen LogP) is 5.01. The second kappa shape index (κ2) is 9.67. The molecule has 38 heavy (non-hydrogen) atoms. The Hall–Kier alpha value is -3.49. The number of ether oxygens (including phenoxy) is 1. The molecule has 1 amide bonds. The highest BCUT2D eigenvalue weighted by Gasteiger charge is 2.44. The smallest absolute Gasteiger partial charge is 0.272 e. The third-order valence-electron chi connectivity index (χ3n) is 7.83. The number of rotatable bonds is 3. The van der Waals surface area contributed by atoms with Crippen LogP contribution in [0.15, 0.2) is 60.9 Å². The number of hydrogen-bond donors (Lipinski definition) is 1. The largest absolute Gasteiger partial charge is 0.375 e. The van der Waals surface area contributed by atoms with E-state index in [1.807, 2.05) is 43.5 Å². The van der Waals surface area contributed by atoms with Gasteiger partial charge in [-0.15, -0.1) is 0 Å². The zero-order valence-corrected chi connectivity index (χ0v) is 21.7. The fraction of sp³-hybridized carbons (Fsp3) is 0.367. The van der Waals surface area contributed by atoms with E-state index in [2.05, 4.69) is 38.8 Å². The number of halogens is 2. The number of fused-ring (bicyclic) bond motifs is 10. The molecule has 6 rings (SSSR count). The Balaban J connectivity index is 1.50. The summed E-state index contributed by atoms with van der Waals surface area (Å²) in [5.74, 6) is -2.73. The van der Waals surface area contributed by atoms with Crippen LogP contribution < -0.4 is 5.32 Å². The number of benzene rings is 2. The van der Waals surface area contributed by atoms with Gasteiger partial charge >= 0.3 is 0 Å². The first-order valence-corrected chi connectivity index (χ1v) is 13.2. The maximum atomic E-state index is 13.5. The molecule has 2 aromatic heterocycles. The standard InChI is InChI=1S/C30H32F2N4O2/c1-20-24-16-35(26-9-5-3-7-22(24)26)12-11-21(15-34-18-30(31,32)19-34)38-14-13-36-17-25(28(20)29(37)33-2)23-8-4-6-10-27(23)36/h3-10,16-17,21H,11-15,18-19H2,1-2H3,(H,33,37)/b28-20+/t21-/m0/s1. The van der Waals surface area contributed by atoms with Crippen LogP contribution in [-0.2, 0) is 22.6 Å². The number of allylic oxidation sites excluding steroid dienone is 1. The van der Waals surface area contributed by atoms with Crippen LogP contribution in [0.5, 0.6) is 0 Å². The highest BCUT2D eigenvalue weighted by Crippen LogP contribution is 2.36. The number of para-hydroxylation sites is 2. The molecular weight excluding hydrogens is 486 g/mol. The van der Waals surface area contributed by atoms with Gasteiger partial charge in [-0.05, 0) is 31.1 Å². The van der Waals surface area contributed by atoms with Crippen LogP contribution in [0, 0.1) is 0 Å². The molecule has 0 saturated carbocycles. The van der Waals surface area contributed by atoms with Crippen LogP contribution in [0.4, 0.5) is 8.78 Å². The molecule has 4 bridgehead atoms. The SMILES string of the molecule is CNC(=O)/C1=C(\C)c2cn(c3ccccc23)CC[C@@H](CN2CC(F)(F)C2)OCCn2cc1c1ccccc12. The molecule has 1 atom stereocenters. The van der Waals surface area contributed by atoms with E-state index in [-0.39, 0.29) is 25.1 Å². The van der Waals surface area contributed by atoms with E-state index >= 15 is 0 Å². The third kappa shape index (κ3) is 4.41. The number of likely N-dealkylation sites (N-methyl/N-ethyl adjacent to an activating group) is 1. The Morgan fingerprint density at radius 3 is 2.24 bits per heavy atom. The summed E-state index contributed by atoms with van der Waals surface area (Å²) in [6.45, 7) is 3.82. The lowest BCUT2D eigenvalue weighted by atomic mass is 9.94. The Morgan fingerprint density at radius 1 is 0.974 bits per heavy atom. The van der Waals surface area contributed by atoms with Crippen LogP contribution in [0.2, 0.25) is 0 Å². The van der Waals surface area contributed by atoms with Gasteiger partial charge in [0, 0.05) is 72.0 Å². The van der Waals surface area contributed by atoms with Crippen LogP contribution in [0.1, 0.15) is 24.5 Å². The van der Waals surface area contributed by atoms with Crippen molar-refractivity contribution in [2.75, 3.05) is 33.3 Å². The van der Waals surface area contributed by atoms with Crippen molar-refractivity contribution in [3.05, 3.63) is 72.1 Å². The van der Waals surface area contributed by atoms with Crippen LogP contribution in [-0.4, -0.2) is 65.3 Å². The quantitative estimate of drug-likeness (QED) is 0.415. The molecule has 4 aromatic rings. The van der Waals surface area contributed by atoms with Gasteiger partial charge < -0.3 is 19.2 Å². The van der Waals surface area contributed by atoms with Gasteiger partial charge in [0.2, 0.25) is 0 Å². The number of amides is 1. The summed E-state index contributed by atoms with van der Waals surface area (Å²) in [5, 5.41) is 4.93. The summed E-state index contributed by atoms with van der Waals surface area (Å²) in [6.07, 6.45) is 4.68. The van der Waals surface area contributed by atoms with E-state index in [0.717, 1.165) is 38.5 Å². The van der Waals surface area contributed by atoms with E-state index in [9.17, 15) is 13.6 Å². The Morgan fingerprint density at radius 2 is 1.58 bits per heavy atom. The minimum absolute atomic E-state index is 0.128. The van der Waals surface area contributed by atoms with Crippen molar-refractivity contribution in [2.24, 2.45) is 0 Å². The third-order valence-corrected chi connectivity index (χ3v) is 7.83. The van der Waals surface area contributed by atoms with Gasteiger partial charge in [0.1, 0.15) is 0 Å². The van der Waals surface area contributed by atoms with Crippen molar-refractivity contribution in [2.45, 2.75) is 38.5 Å². The number of aryl methyl sites for hydroxylation is 1. The Bertz CT molecular complexity index is 1540. The fourth-order valence-electron chi connectivity index (χ4n) is 5.97. The molecule has 2 aliphatic rings. The van der Waals surface area contributed by atoms with Crippen molar-refractivity contribution in [3.8, 4) is 0 Å². The average molecular weight is 519 g/mol. The van der Waals surface area contributed by atoms with Gasteiger partial charge in [-0.1, -0.05) is 36.4 Å². The Kier molecular flexibility index (Phi) is 6.32. The maximum Gasteiger partial charge on any atom is 0.272 e. The van der Waals surface area contributed by atoms with Crippen molar-refractivity contribution in [1.82, 2.24) is 19.4 Å². The Labute approximate surface area is 220 Å². The molecule has 6 nitrogen and oxygen atoms in total. The molecular formula is C30H32F2N4O2. The van der Waals surface area contributed by atoms with Gasteiger partial charge in [-0.3, -0.25) is 9.69 Å². The first-order chi connectivity index (χ1) is 18.3. The first kappa shape index (κ1) is 24.8. The molecule has 198 valence electrons. The van der Waals surface area contributed by atoms with Gasteiger partial charge in [0.25, 0.3) is 11.8 Å². The lowest BCUT2D eigenvalue weighted by Crippen LogP contribution is -2.58. The van der Waals surface area contributed by atoms with Gasteiger partial charge in [-0.2, -0.15) is 0 Å². The number of nitrogens with zero attached hydrogens (tertiary/aromatic N) is 3. The highest BCUT2D eigenvalue weighted by atomic mass is 19.3. The van der Waals surface area contributed by atoms with E-state index in [0.29, 0.717) is 38.2 Å². The minimum atomic E-state index is -2.60. The molecule has 0 spiro atoms. The molecule has 0 aliphatic carbocycles. The minimum Gasteiger partial charge on any atom is -0.375 e. The highest BCUT2D eigenvalue weighted by molar-refractivity contribution is 6.30. The van der Waals surface area contributed by atoms with Crippen LogP contribution in [0.3, 0.4) is 0 Å². The molecule has 1 saturated heterocycles. The topological polar surface area (TPSA) is 51.4 Å². The molecule has 2 aliphatic heterocycles. The number of nitrogens with one attached hydrogen (secondary N) is 1. The summed E-state index contributed by atoms with van der Waals surface area (Å²) in [7, 11) is 1.67. The predicted molar refractivity (Wildman–Crippen MR) is 146 cm³/mol. The zero-order chi connectivity index (χ0) is 26.4. The van der Waals surface area contributed by atoms with Crippen LogP contribution in [0.25, 0.3) is 33.0 Å². The monoisotopic (exact) mass is 518 g/mol. The number of carbonyl (C=O) groups excluding carboxylic acids is 1. The van der Waals surface area contributed by atoms with Crippen molar-refractivity contribution in [3.63, 3.8) is 0 Å². The second-order valence-electron chi connectivity index (χ2n) is 10.4. The number of aromatic nitrogens is 2. The van der Waals surface area contributed by atoms with E-state index in [1.165, 1.54) is 0 Å². The molecule has 0 radical (unpaired) electrons. The number of likely N-dealkylation sites (tertiary alicyclic amines) is 1. The fourth-order valence-corrected chi connectivity index (χ4v) is 5.97. The van der Waals surface area contributed by atoms with Gasteiger partial charge in [0.15, 0.2) is 0 Å². The zero-order valence-electron chi connectivity index (χ0n) is 21.7. The van der Waals surface area contributed by atoms with Crippen LogP contribution >= 0.6 is 0 Å². The normalized spacial score (nSPS) is 22.3. The molecule has 1 fully saturated rings. The van der Waals surface area contributed by atoms with Crippen molar-refractivity contribution in [1.29, 1.82) is 0 Å². The molecule has 2 aromatic carbocycles. The summed E-state index contributed by atoms with van der Waals surface area (Å²) < 4.78 is 37.7. The summed E-state index contributed by atoms with van der Waals surface area (Å²) in [4.78, 5) is 15.2. The van der Waals surface area contributed by atoms with E-state index in [4.69, 9.17) is 4.74 Å². The number of carbonyl (C=O) groups is 1. The second-order valence-corrected chi connectivity index (χ2v) is 10.4. The first-order valence-electron chi connectivity index (χ1n) is 13.2. The van der Waals surface area contributed by atoms with Gasteiger partial charge in [-0.25, -0.2) is 8.78 Å². The van der Waals surface area contributed by atoms with E-state index < -0.39 is 5.92 Å². The molecule has 8 heteroatoms. The lowest BCUT2D eigenvalue weighted by Gasteiger charge is -2.40. The summed E-state index contributed by atoms with van der Waals surface area (Å²) >= 11 is 0. The van der Waals surface area contributed by atoms with Gasteiger partial charge in [0.05, 0.1) is 31.4 Å². The summed E-state index contributed by atoms with van der Waals surface area (Å²) in [6, 6.07) is 16.3. The molecule has 1 N–H and O–H groups in total. The molecule has 4 heterocycles.